The van der Waals surface area contributed by atoms with E-state index in [2.05, 4.69) is 0 Å². The normalized spacial score (nSPS) is 27.1. The maximum absolute atomic E-state index is 13.7. The zero-order valence-electron chi connectivity index (χ0n) is 11.3. The van der Waals surface area contributed by atoms with Crippen molar-refractivity contribution in [2.24, 2.45) is 0 Å². The number of carbonyl (C=O) groups excluding carboxylic acids is 1. The van der Waals surface area contributed by atoms with E-state index in [1.807, 2.05) is 0 Å². The molecule has 0 unspecified atom stereocenters. The van der Waals surface area contributed by atoms with Crippen LogP contribution >= 0.6 is 0 Å². The van der Waals surface area contributed by atoms with Gasteiger partial charge in [0.1, 0.15) is 5.82 Å². The molecule has 0 aromatic heterocycles. The van der Waals surface area contributed by atoms with E-state index in [-0.39, 0.29) is 17.9 Å². The number of halogens is 1. The van der Waals surface area contributed by atoms with Gasteiger partial charge in [0.25, 0.3) is 0 Å². The summed E-state index contributed by atoms with van der Waals surface area (Å²) in [6.45, 7) is 1.68. The Morgan fingerprint density at radius 1 is 1.42 bits per heavy atom. The van der Waals surface area contributed by atoms with Gasteiger partial charge in [0.05, 0.1) is 18.6 Å². The molecule has 0 bridgehead atoms. The van der Waals surface area contributed by atoms with Crippen molar-refractivity contribution in [2.45, 2.75) is 44.1 Å². The van der Waals surface area contributed by atoms with Crippen LogP contribution in [0, 0.1) is 12.7 Å². The van der Waals surface area contributed by atoms with E-state index in [9.17, 15) is 14.3 Å². The Morgan fingerprint density at radius 3 is 2.63 bits per heavy atom. The van der Waals surface area contributed by atoms with Gasteiger partial charge < -0.3 is 9.84 Å². The summed E-state index contributed by atoms with van der Waals surface area (Å²) >= 11 is 0. The summed E-state index contributed by atoms with van der Waals surface area (Å²) in [6, 6.07) is 4.79. The number of hydrogen-bond donors (Lipinski definition) is 1. The summed E-state index contributed by atoms with van der Waals surface area (Å²) in [5.74, 6) is -0.653. The highest BCUT2D eigenvalue weighted by Gasteiger charge is 2.45. The van der Waals surface area contributed by atoms with Gasteiger partial charge in [-0.25, -0.2) is 4.39 Å². The SMILES string of the molecule is COC(=O)C1(c2cccc(F)c2C)CCC(O)CC1. The highest BCUT2D eigenvalue weighted by atomic mass is 19.1. The van der Waals surface area contributed by atoms with Gasteiger partial charge in [0, 0.05) is 0 Å². The Hall–Kier alpha value is -1.42. The van der Waals surface area contributed by atoms with Crippen LogP contribution in [0.15, 0.2) is 18.2 Å². The Bertz CT molecular complexity index is 476. The molecular weight excluding hydrogens is 247 g/mol. The quantitative estimate of drug-likeness (QED) is 0.836. The minimum atomic E-state index is -0.819. The summed E-state index contributed by atoms with van der Waals surface area (Å²) in [5, 5.41) is 9.64. The standard InChI is InChI=1S/C15H19FO3/c1-10-12(4-3-5-13(10)16)15(14(18)19-2)8-6-11(17)7-9-15/h3-5,11,17H,6-9H2,1-2H3. The highest BCUT2D eigenvalue weighted by Crippen LogP contribution is 2.42. The number of methoxy groups -OCH3 is 1. The fraction of sp³-hybridized carbons (Fsp3) is 0.533. The number of benzene rings is 1. The lowest BCUT2D eigenvalue weighted by atomic mass is 9.67. The van der Waals surface area contributed by atoms with Crippen LogP contribution in [-0.4, -0.2) is 24.3 Å². The third-order valence-corrected chi connectivity index (χ3v) is 4.17. The second-order valence-electron chi connectivity index (χ2n) is 5.22. The van der Waals surface area contributed by atoms with Crippen molar-refractivity contribution in [2.75, 3.05) is 7.11 Å². The molecule has 0 aliphatic heterocycles. The number of aliphatic hydroxyl groups excluding tert-OH is 1. The van der Waals surface area contributed by atoms with Crippen molar-refractivity contribution in [3.63, 3.8) is 0 Å². The molecule has 0 amide bonds. The van der Waals surface area contributed by atoms with Crippen molar-refractivity contribution in [1.29, 1.82) is 0 Å². The van der Waals surface area contributed by atoms with Gasteiger partial charge in [0.15, 0.2) is 0 Å². The van der Waals surface area contributed by atoms with Gasteiger partial charge in [-0.2, -0.15) is 0 Å². The molecule has 0 saturated heterocycles. The maximum atomic E-state index is 13.7. The smallest absolute Gasteiger partial charge is 0.316 e. The van der Waals surface area contributed by atoms with Crippen LogP contribution in [0.1, 0.15) is 36.8 Å². The number of aliphatic hydroxyl groups is 1. The largest absolute Gasteiger partial charge is 0.468 e. The minimum absolute atomic E-state index is 0.313. The molecule has 1 aromatic rings. The second kappa shape index (κ2) is 5.29. The summed E-state index contributed by atoms with van der Waals surface area (Å²) in [5.41, 5.74) is 0.357. The van der Waals surface area contributed by atoms with E-state index in [4.69, 9.17) is 4.74 Å². The first-order chi connectivity index (χ1) is 9.01. The Morgan fingerprint density at radius 2 is 2.05 bits per heavy atom. The van der Waals surface area contributed by atoms with Crippen LogP contribution in [0.5, 0.6) is 0 Å². The molecular formula is C15H19FO3. The zero-order valence-corrected chi connectivity index (χ0v) is 11.3. The number of esters is 1. The molecule has 0 radical (unpaired) electrons. The Labute approximate surface area is 112 Å². The topological polar surface area (TPSA) is 46.5 Å². The van der Waals surface area contributed by atoms with Gasteiger partial charge in [0.2, 0.25) is 0 Å². The molecule has 0 spiro atoms. The molecule has 0 atom stereocenters. The number of hydrogen-bond acceptors (Lipinski definition) is 3. The minimum Gasteiger partial charge on any atom is -0.468 e. The third kappa shape index (κ3) is 2.37. The van der Waals surface area contributed by atoms with Gasteiger partial charge in [-0.05, 0) is 49.8 Å². The molecule has 4 heteroatoms. The zero-order chi connectivity index (χ0) is 14.0. The van der Waals surface area contributed by atoms with Gasteiger partial charge in [-0.3, -0.25) is 4.79 Å². The maximum Gasteiger partial charge on any atom is 0.316 e. The summed E-state index contributed by atoms with van der Waals surface area (Å²) < 4.78 is 18.7. The summed E-state index contributed by atoms with van der Waals surface area (Å²) in [4.78, 5) is 12.2. The lowest BCUT2D eigenvalue weighted by Gasteiger charge is -2.37. The van der Waals surface area contributed by atoms with E-state index >= 15 is 0 Å². The summed E-state index contributed by atoms with van der Waals surface area (Å²) in [6.07, 6.45) is 1.67. The van der Waals surface area contributed by atoms with Crippen LogP contribution in [0.3, 0.4) is 0 Å². The van der Waals surface area contributed by atoms with E-state index in [1.165, 1.54) is 13.2 Å². The van der Waals surface area contributed by atoms with Crippen LogP contribution in [-0.2, 0) is 14.9 Å². The molecule has 0 heterocycles. The molecule has 1 aliphatic rings. The summed E-state index contributed by atoms with van der Waals surface area (Å²) in [7, 11) is 1.35. The van der Waals surface area contributed by atoms with Crippen molar-refractivity contribution < 1.29 is 19.0 Å². The first-order valence-electron chi connectivity index (χ1n) is 6.53. The molecule has 1 aliphatic carbocycles. The van der Waals surface area contributed by atoms with Gasteiger partial charge in [-0.15, -0.1) is 0 Å². The molecule has 3 nitrogen and oxygen atoms in total. The second-order valence-corrected chi connectivity index (χ2v) is 5.22. The third-order valence-electron chi connectivity index (χ3n) is 4.17. The number of carbonyl (C=O) groups is 1. The molecule has 104 valence electrons. The molecule has 1 saturated carbocycles. The van der Waals surface area contributed by atoms with E-state index in [0.29, 0.717) is 36.8 Å². The predicted octanol–water partition coefficient (Wildman–Crippen LogP) is 2.48. The van der Waals surface area contributed by atoms with E-state index in [0.717, 1.165) is 0 Å². The first kappa shape index (κ1) is 14.0. The molecule has 1 aromatic carbocycles. The molecule has 2 rings (SSSR count). The van der Waals surface area contributed by atoms with Crippen molar-refractivity contribution in [3.8, 4) is 0 Å². The van der Waals surface area contributed by atoms with Crippen LogP contribution in [0.25, 0.3) is 0 Å². The highest BCUT2D eigenvalue weighted by molar-refractivity contribution is 5.83. The Kier molecular flexibility index (Phi) is 3.90. The van der Waals surface area contributed by atoms with Gasteiger partial charge >= 0.3 is 5.97 Å². The predicted molar refractivity (Wildman–Crippen MR) is 69.3 cm³/mol. The van der Waals surface area contributed by atoms with Crippen LogP contribution in [0.4, 0.5) is 4.39 Å². The average molecular weight is 266 g/mol. The monoisotopic (exact) mass is 266 g/mol. The lowest BCUT2D eigenvalue weighted by Crippen LogP contribution is -2.42. The van der Waals surface area contributed by atoms with Crippen molar-refractivity contribution in [1.82, 2.24) is 0 Å². The van der Waals surface area contributed by atoms with Gasteiger partial charge in [-0.1, -0.05) is 12.1 Å². The molecule has 1 N–H and O–H groups in total. The Balaban J connectivity index is 2.49. The number of ether oxygens (including phenoxy) is 1. The van der Waals surface area contributed by atoms with Crippen molar-refractivity contribution >= 4 is 5.97 Å². The average Bonchev–Trinajstić information content (AvgIpc) is 2.42. The van der Waals surface area contributed by atoms with Crippen molar-refractivity contribution in [3.05, 3.63) is 35.1 Å². The fourth-order valence-corrected chi connectivity index (χ4v) is 3.00. The lowest BCUT2D eigenvalue weighted by molar-refractivity contribution is -0.150. The number of rotatable bonds is 2. The first-order valence-corrected chi connectivity index (χ1v) is 6.53. The molecule has 1 fully saturated rings. The molecule has 19 heavy (non-hydrogen) atoms. The van der Waals surface area contributed by atoms with E-state index in [1.54, 1.807) is 19.1 Å². The van der Waals surface area contributed by atoms with Crippen LogP contribution in [0.2, 0.25) is 0 Å². The van der Waals surface area contributed by atoms with E-state index < -0.39 is 5.41 Å². The van der Waals surface area contributed by atoms with Crippen LogP contribution < -0.4 is 0 Å². The fourth-order valence-electron chi connectivity index (χ4n) is 3.00.